The van der Waals surface area contributed by atoms with E-state index in [1.165, 1.54) is 23.5 Å². The maximum atomic E-state index is 4.48. The molecule has 0 aromatic carbocycles. The number of anilines is 1. The first kappa shape index (κ1) is 14.5. The smallest absolute Gasteiger partial charge is 0.142 e. The van der Waals surface area contributed by atoms with E-state index >= 15 is 0 Å². The van der Waals surface area contributed by atoms with Gasteiger partial charge in [0.15, 0.2) is 0 Å². The molecule has 0 amide bonds. The molecule has 3 aromatic rings. The molecule has 0 aliphatic heterocycles. The summed E-state index contributed by atoms with van der Waals surface area (Å²) in [6, 6.07) is 6.79. The Kier molecular flexibility index (Phi) is 3.91. The molecule has 3 aromatic heterocycles. The van der Waals surface area contributed by atoms with Crippen molar-refractivity contribution in [2.45, 2.75) is 23.8 Å². The number of aromatic nitrogens is 4. The Balaban J connectivity index is 1.35. The Morgan fingerprint density at radius 1 is 1.22 bits per heavy atom. The number of fused-ring (bicyclic) bond motifs is 1. The van der Waals surface area contributed by atoms with E-state index in [2.05, 4.69) is 50.1 Å². The summed E-state index contributed by atoms with van der Waals surface area (Å²) in [7, 11) is 2.14. The van der Waals surface area contributed by atoms with Gasteiger partial charge in [-0.25, -0.2) is 9.97 Å². The second kappa shape index (κ2) is 6.20. The molecule has 1 fully saturated rings. The Morgan fingerprint density at radius 3 is 2.87 bits per heavy atom. The lowest BCUT2D eigenvalue weighted by molar-refractivity contribution is 0.286. The van der Waals surface area contributed by atoms with Crippen LogP contribution >= 0.6 is 11.8 Å². The van der Waals surface area contributed by atoms with Crippen LogP contribution in [0.15, 0.2) is 48.0 Å². The summed E-state index contributed by atoms with van der Waals surface area (Å²) >= 11 is 1.93. The second-order valence-corrected chi connectivity index (χ2v) is 7.13. The van der Waals surface area contributed by atoms with Crippen LogP contribution in [-0.4, -0.2) is 38.8 Å². The van der Waals surface area contributed by atoms with Gasteiger partial charge >= 0.3 is 0 Å². The van der Waals surface area contributed by atoms with Crippen LogP contribution in [-0.2, 0) is 0 Å². The number of nitrogens with one attached hydrogen (secondary N) is 1. The first-order chi connectivity index (χ1) is 11.3. The number of aromatic amines is 1. The van der Waals surface area contributed by atoms with Crippen molar-refractivity contribution < 1.29 is 0 Å². The molecule has 1 N–H and O–H groups in total. The highest BCUT2D eigenvalue weighted by molar-refractivity contribution is 7.99. The van der Waals surface area contributed by atoms with Gasteiger partial charge in [0.05, 0.1) is 5.39 Å². The van der Waals surface area contributed by atoms with Gasteiger partial charge < -0.3 is 9.88 Å². The van der Waals surface area contributed by atoms with E-state index in [0.29, 0.717) is 6.04 Å². The maximum Gasteiger partial charge on any atom is 0.142 e. The zero-order chi connectivity index (χ0) is 15.6. The van der Waals surface area contributed by atoms with Crippen LogP contribution < -0.4 is 4.90 Å². The van der Waals surface area contributed by atoms with E-state index < -0.39 is 0 Å². The number of pyridine rings is 1. The van der Waals surface area contributed by atoms with Gasteiger partial charge in [0.1, 0.15) is 17.8 Å². The van der Waals surface area contributed by atoms with Gasteiger partial charge in [0.2, 0.25) is 0 Å². The number of hydrogen-bond donors (Lipinski definition) is 1. The van der Waals surface area contributed by atoms with Gasteiger partial charge in [0, 0.05) is 42.3 Å². The first-order valence-corrected chi connectivity index (χ1v) is 8.83. The van der Waals surface area contributed by atoms with E-state index in [9.17, 15) is 0 Å². The quantitative estimate of drug-likeness (QED) is 0.729. The fraction of sp³-hybridized carbons (Fsp3) is 0.353. The zero-order valence-electron chi connectivity index (χ0n) is 13.0. The molecule has 118 valence electrons. The molecular weight excluding hydrogens is 306 g/mol. The summed E-state index contributed by atoms with van der Waals surface area (Å²) in [6.45, 7) is 0. The molecule has 0 atom stereocenters. The normalized spacial score (nSPS) is 20.4. The lowest BCUT2D eigenvalue weighted by Gasteiger charge is -2.41. The summed E-state index contributed by atoms with van der Waals surface area (Å²) in [5.74, 6) is 2.99. The predicted molar refractivity (Wildman–Crippen MR) is 93.8 cm³/mol. The van der Waals surface area contributed by atoms with E-state index in [0.717, 1.165) is 22.8 Å². The van der Waals surface area contributed by atoms with Crippen molar-refractivity contribution in [3.05, 3.63) is 43.1 Å². The summed E-state index contributed by atoms with van der Waals surface area (Å²) in [4.78, 5) is 19.6. The van der Waals surface area contributed by atoms with Gasteiger partial charge in [-0.2, -0.15) is 0 Å². The predicted octanol–water partition coefficient (Wildman–Crippen LogP) is 3.36. The molecule has 3 heterocycles. The Hall–Kier alpha value is -2.08. The highest BCUT2D eigenvalue weighted by Crippen LogP contribution is 2.37. The molecule has 0 spiro atoms. The SMILES string of the molecule is CN(c1ncnc2[nH]ccc12)[C@H]1C[C@@H](CSc2ccncc2)C1. The van der Waals surface area contributed by atoms with Crippen molar-refractivity contribution >= 4 is 28.6 Å². The fourth-order valence-corrected chi connectivity index (χ4v) is 4.13. The Bertz CT molecular complexity index is 782. The molecule has 4 rings (SSSR count). The third-order valence-electron chi connectivity index (χ3n) is 4.56. The highest BCUT2D eigenvalue weighted by Gasteiger charge is 2.33. The van der Waals surface area contributed by atoms with Crippen molar-refractivity contribution in [1.82, 2.24) is 19.9 Å². The topological polar surface area (TPSA) is 57.7 Å². The number of H-pyrrole nitrogens is 1. The molecule has 0 unspecified atom stereocenters. The lowest BCUT2D eigenvalue weighted by atomic mass is 9.81. The number of hydrogen-bond acceptors (Lipinski definition) is 5. The van der Waals surface area contributed by atoms with Crippen molar-refractivity contribution in [3.8, 4) is 0 Å². The van der Waals surface area contributed by atoms with Crippen LogP contribution in [0.4, 0.5) is 5.82 Å². The monoisotopic (exact) mass is 325 g/mol. The summed E-state index contributed by atoms with van der Waals surface area (Å²) in [5, 5.41) is 1.10. The summed E-state index contributed by atoms with van der Waals surface area (Å²) in [5.41, 5.74) is 0.908. The average molecular weight is 325 g/mol. The van der Waals surface area contributed by atoms with Crippen LogP contribution in [0.2, 0.25) is 0 Å². The van der Waals surface area contributed by atoms with Gasteiger partial charge in [-0.3, -0.25) is 4.98 Å². The second-order valence-electron chi connectivity index (χ2n) is 6.03. The maximum absolute atomic E-state index is 4.48. The fourth-order valence-electron chi connectivity index (χ4n) is 3.11. The molecule has 0 bridgehead atoms. The van der Waals surface area contributed by atoms with Crippen molar-refractivity contribution in [2.75, 3.05) is 17.7 Å². The van der Waals surface area contributed by atoms with E-state index in [1.54, 1.807) is 6.33 Å². The number of thioether (sulfide) groups is 1. The van der Waals surface area contributed by atoms with Crippen LogP contribution in [0.5, 0.6) is 0 Å². The molecular formula is C17H19N5S. The number of nitrogens with zero attached hydrogens (tertiary/aromatic N) is 4. The van der Waals surface area contributed by atoms with Gasteiger partial charge in [-0.15, -0.1) is 11.8 Å². The van der Waals surface area contributed by atoms with E-state index in [1.807, 2.05) is 30.4 Å². The van der Waals surface area contributed by atoms with E-state index in [4.69, 9.17) is 0 Å². The Morgan fingerprint density at radius 2 is 2.04 bits per heavy atom. The minimum atomic E-state index is 0.575. The van der Waals surface area contributed by atoms with Crippen molar-refractivity contribution in [1.29, 1.82) is 0 Å². The summed E-state index contributed by atoms with van der Waals surface area (Å²) < 4.78 is 0. The molecule has 1 aliphatic carbocycles. The first-order valence-electron chi connectivity index (χ1n) is 7.85. The molecule has 23 heavy (non-hydrogen) atoms. The lowest BCUT2D eigenvalue weighted by Crippen LogP contribution is -2.43. The molecule has 1 aliphatic rings. The van der Waals surface area contributed by atoms with Crippen LogP contribution in [0.3, 0.4) is 0 Å². The van der Waals surface area contributed by atoms with Crippen molar-refractivity contribution in [3.63, 3.8) is 0 Å². The van der Waals surface area contributed by atoms with Crippen LogP contribution in [0.25, 0.3) is 11.0 Å². The summed E-state index contributed by atoms with van der Waals surface area (Å²) in [6.07, 6.45) is 9.73. The molecule has 0 saturated heterocycles. The minimum absolute atomic E-state index is 0.575. The van der Waals surface area contributed by atoms with Gasteiger partial charge in [-0.1, -0.05) is 0 Å². The van der Waals surface area contributed by atoms with Gasteiger partial charge in [-0.05, 0) is 37.0 Å². The highest BCUT2D eigenvalue weighted by atomic mass is 32.2. The standard InChI is InChI=1S/C17H19N5S/c1-22(17-15-4-7-19-16(15)20-11-21-17)13-8-12(9-13)10-23-14-2-5-18-6-3-14/h2-7,11-13H,8-10H2,1H3,(H,19,20,21)/t12-,13+. The third kappa shape index (κ3) is 2.91. The minimum Gasteiger partial charge on any atom is -0.356 e. The average Bonchev–Trinajstić information content (AvgIpc) is 3.02. The van der Waals surface area contributed by atoms with E-state index in [-0.39, 0.29) is 0 Å². The Labute approximate surface area is 139 Å². The molecule has 1 saturated carbocycles. The number of rotatable bonds is 5. The molecule has 0 radical (unpaired) electrons. The van der Waals surface area contributed by atoms with Crippen molar-refractivity contribution in [2.24, 2.45) is 5.92 Å². The van der Waals surface area contributed by atoms with Crippen LogP contribution in [0, 0.1) is 5.92 Å². The van der Waals surface area contributed by atoms with Crippen LogP contribution in [0.1, 0.15) is 12.8 Å². The molecule has 5 nitrogen and oxygen atoms in total. The third-order valence-corrected chi connectivity index (χ3v) is 5.80. The zero-order valence-corrected chi connectivity index (χ0v) is 13.8. The molecule has 6 heteroatoms. The largest absolute Gasteiger partial charge is 0.356 e. The van der Waals surface area contributed by atoms with Gasteiger partial charge in [0.25, 0.3) is 0 Å².